The molecule has 0 saturated carbocycles. The molecule has 78 valence electrons. The van der Waals surface area contributed by atoms with Crippen molar-refractivity contribution in [1.29, 1.82) is 0 Å². The number of carbonyl (C=O) groups excluding carboxylic acids is 1. The number of hydrogen-bond acceptors (Lipinski definition) is 2. The van der Waals surface area contributed by atoms with Crippen LogP contribution in [0.1, 0.15) is 24.4 Å². The van der Waals surface area contributed by atoms with Crippen LogP contribution in [0.15, 0.2) is 22.8 Å². The van der Waals surface area contributed by atoms with Gasteiger partial charge in [-0.3, -0.25) is 4.79 Å². The summed E-state index contributed by atoms with van der Waals surface area (Å²) >= 11 is 0. The second kappa shape index (κ2) is 3.77. The quantitative estimate of drug-likeness (QED) is 0.816. The molecule has 1 atom stereocenters. The van der Waals surface area contributed by atoms with Crippen LogP contribution < -0.4 is 5.32 Å². The molecule has 0 aliphatic rings. The van der Waals surface area contributed by atoms with Gasteiger partial charge in [0.2, 0.25) is 0 Å². The highest BCUT2D eigenvalue weighted by atomic mass is 19.3. The molecule has 0 fully saturated rings. The van der Waals surface area contributed by atoms with E-state index in [9.17, 15) is 13.6 Å². The molecule has 3 nitrogen and oxygen atoms in total. The number of carbonyl (C=O) groups is 1. The fourth-order valence-corrected chi connectivity index (χ4v) is 0.802. The van der Waals surface area contributed by atoms with Crippen molar-refractivity contribution >= 4 is 5.91 Å². The summed E-state index contributed by atoms with van der Waals surface area (Å²) in [6, 6.07) is 1.71. The molecule has 0 saturated heterocycles. The van der Waals surface area contributed by atoms with Crippen LogP contribution in [0.3, 0.4) is 0 Å². The molecule has 0 aliphatic carbocycles. The summed E-state index contributed by atoms with van der Waals surface area (Å²) in [5.41, 5.74) is 0. The highest BCUT2D eigenvalue weighted by Gasteiger charge is 2.31. The lowest BCUT2D eigenvalue weighted by molar-refractivity contribution is -0.0111. The van der Waals surface area contributed by atoms with Crippen LogP contribution in [-0.2, 0) is 0 Å². The van der Waals surface area contributed by atoms with E-state index < -0.39 is 17.9 Å². The Labute approximate surface area is 80.1 Å². The average molecular weight is 203 g/mol. The molecular formula is C9H11F2NO2. The van der Waals surface area contributed by atoms with Crippen LogP contribution in [0, 0.1) is 0 Å². The van der Waals surface area contributed by atoms with Gasteiger partial charge in [0.25, 0.3) is 11.8 Å². The minimum Gasteiger partial charge on any atom is -0.459 e. The summed E-state index contributed by atoms with van der Waals surface area (Å²) in [6.45, 7) is 1.99. The third-order valence-corrected chi connectivity index (χ3v) is 1.85. The fraction of sp³-hybridized carbons (Fsp3) is 0.444. The fourth-order valence-electron chi connectivity index (χ4n) is 0.802. The maximum atomic E-state index is 12.7. The predicted octanol–water partition coefficient (Wildman–Crippen LogP) is 2.05. The van der Waals surface area contributed by atoms with Gasteiger partial charge in [-0.1, -0.05) is 0 Å². The van der Waals surface area contributed by atoms with Gasteiger partial charge >= 0.3 is 0 Å². The van der Waals surface area contributed by atoms with Gasteiger partial charge in [-0.2, -0.15) is 0 Å². The lowest BCUT2D eigenvalue weighted by atomic mass is 10.2. The Kier molecular flexibility index (Phi) is 2.88. The van der Waals surface area contributed by atoms with E-state index in [1.165, 1.54) is 25.3 Å². The maximum Gasteiger partial charge on any atom is 0.287 e. The van der Waals surface area contributed by atoms with E-state index >= 15 is 0 Å². The summed E-state index contributed by atoms with van der Waals surface area (Å²) in [4.78, 5) is 11.2. The number of amides is 1. The zero-order valence-electron chi connectivity index (χ0n) is 7.88. The first-order chi connectivity index (χ1) is 6.41. The summed E-state index contributed by atoms with van der Waals surface area (Å²) < 4.78 is 30.1. The van der Waals surface area contributed by atoms with Gasteiger partial charge in [0.05, 0.1) is 12.3 Å². The van der Waals surface area contributed by atoms with Gasteiger partial charge < -0.3 is 9.73 Å². The zero-order chi connectivity index (χ0) is 10.8. The summed E-state index contributed by atoms with van der Waals surface area (Å²) in [6.07, 6.45) is 1.31. The number of rotatable bonds is 3. The Morgan fingerprint density at radius 2 is 2.29 bits per heavy atom. The molecule has 1 aromatic rings. The SMILES string of the molecule is CC(NC(=O)c1ccco1)C(C)(F)F. The second-order valence-corrected chi connectivity index (χ2v) is 3.13. The standard InChI is InChI=1S/C9H11F2NO2/c1-6(9(2,10)11)12-8(13)7-4-3-5-14-7/h3-6H,1-2H3,(H,12,13). The Morgan fingerprint density at radius 3 is 2.71 bits per heavy atom. The van der Waals surface area contributed by atoms with E-state index in [2.05, 4.69) is 5.32 Å². The van der Waals surface area contributed by atoms with E-state index in [0.717, 1.165) is 6.92 Å². The van der Waals surface area contributed by atoms with Crippen LogP contribution in [0.2, 0.25) is 0 Å². The zero-order valence-corrected chi connectivity index (χ0v) is 7.88. The Balaban J connectivity index is 2.58. The van der Waals surface area contributed by atoms with Crippen LogP contribution in [-0.4, -0.2) is 17.9 Å². The highest BCUT2D eigenvalue weighted by molar-refractivity contribution is 5.91. The Hall–Kier alpha value is -1.39. The molecule has 1 amide bonds. The van der Waals surface area contributed by atoms with Crippen molar-refractivity contribution in [2.24, 2.45) is 0 Å². The van der Waals surface area contributed by atoms with Crippen LogP contribution in [0.5, 0.6) is 0 Å². The van der Waals surface area contributed by atoms with Crippen LogP contribution in [0.4, 0.5) is 8.78 Å². The van der Waals surface area contributed by atoms with Crippen LogP contribution >= 0.6 is 0 Å². The molecule has 0 spiro atoms. The van der Waals surface area contributed by atoms with Gasteiger partial charge in [-0.05, 0) is 19.1 Å². The van der Waals surface area contributed by atoms with E-state index in [-0.39, 0.29) is 5.76 Å². The molecular weight excluding hydrogens is 192 g/mol. The molecule has 1 heterocycles. The van der Waals surface area contributed by atoms with E-state index in [1.54, 1.807) is 0 Å². The number of hydrogen-bond donors (Lipinski definition) is 1. The van der Waals surface area contributed by atoms with Crippen molar-refractivity contribution in [2.45, 2.75) is 25.8 Å². The van der Waals surface area contributed by atoms with E-state index in [1.807, 2.05) is 0 Å². The molecule has 0 bridgehead atoms. The van der Waals surface area contributed by atoms with Gasteiger partial charge in [-0.15, -0.1) is 0 Å². The summed E-state index contributed by atoms with van der Waals surface area (Å²) in [5, 5.41) is 2.14. The first-order valence-electron chi connectivity index (χ1n) is 4.13. The van der Waals surface area contributed by atoms with Gasteiger partial charge in [0.15, 0.2) is 5.76 Å². The minimum atomic E-state index is -2.94. The van der Waals surface area contributed by atoms with E-state index in [4.69, 9.17) is 4.42 Å². The summed E-state index contributed by atoms with van der Waals surface area (Å²) in [7, 11) is 0. The first-order valence-corrected chi connectivity index (χ1v) is 4.13. The van der Waals surface area contributed by atoms with Gasteiger partial charge in [0.1, 0.15) is 0 Å². The van der Waals surface area contributed by atoms with Crippen molar-refractivity contribution in [1.82, 2.24) is 5.32 Å². The topological polar surface area (TPSA) is 42.2 Å². The maximum absolute atomic E-state index is 12.7. The molecule has 0 aromatic carbocycles. The Bertz CT molecular complexity index is 303. The van der Waals surface area contributed by atoms with Crippen molar-refractivity contribution in [3.05, 3.63) is 24.2 Å². The molecule has 1 N–H and O–H groups in total. The molecule has 14 heavy (non-hydrogen) atoms. The lowest BCUT2D eigenvalue weighted by Gasteiger charge is -2.19. The third-order valence-electron chi connectivity index (χ3n) is 1.85. The minimum absolute atomic E-state index is 0.0288. The monoisotopic (exact) mass is 203 g/mol. The number of alkyl halides is 2. The molecule has 5 heteroatoms. The number of nitrogens with one attached hydrogen (secondary N) is 1. The van der Waals surface area contributed by atoms with Crippen molar-refractivity contribution in [3.8, 4) is 0 Å². The largest absolute Gasteiger partial charge is 0.459 e. The Morgan fingerprint density at radius 1 is 1.64 bits per heavy atom. The van der Waals surface area contributed by atoms with Crippen molar-refractivity contribution in [3.63, 3.8) is 0 Å². The number of halogens is 2. The lowest BCUT2D eigenvalue weighted by Crippen LogP contribution is -2.43. The van der Waals surface area contributed by atoms with Crippen molar-refractivity contribution in [2.75, 3.05) is 0 Å². The molecule has 1 rings (SSSR count). The van der Waals surface area contributed by atoms with Gasteiger partial charge in [0, 0.05) is 6.92 Å². The van der Waals surface area contributed by atoms with Crippen LogP contribution in [0.25, 0.3) is 0 Å². The second-order valence-electron chi connectivity index (χ2n) is 3.13. The first kappa shape index (κ1) is 10.7. The molecule has 1 unspecified atom stereocenters. The normalized spacial score (nSPS) is 13.7. The van der Waals surface area contributed by atoms with E-state index in [0.29, 0.717) is 0 Å². The summed E-state index contributed by atoms with van der Waals surface area (Å²) in [5.74, 6) is -3.55. The molecule has 1 aromatic heterocycles. The number of furan rings is 1. The van der Waals surface area contributed by atoms with Crippen molar-refractivity contribution < 1.29 is 18.0 Å². The third kappa shape index (κ3) is 2.55. The average Bonchev–Trinajstić information content (AvgIpc) is 2.53. The molecule has 0 aliphatic heterocycles. The highest BCUT2D eigenvalue weighted by Crippen LogP contribution is 2.17. The smallest absolute Gasteiger partial charge is 0.287 e. The molecule has 0 radical (unpaired) electrons. The predicted molar refractivity (Wildman–Crippen MR) is 46.3 cm³/mol. The van der Waals surface area contributed by atoms with Gasteiger partial charge in [-0.25, -0.2) is 8.78 Å².